The van der Waals surface area contributed by atoms with Crippen LogP contribution in [-0.4, -0.2) is 35.1 Å². The van der Waals surface area contributed by atoms with Crippen molar-refractivity contribution in [3.8, 4) is 0 Å². The molecule has 1 unspecified atom stereocenters. The largest absolute Gasteiger partial charge is 0.356 e. The molecule has 3 rings (SSSR count). The number of nitrogens with zero attached hydrogens (tertiary/aromatic N) is 3. The van der Waals surface area contributed by atoms with Gasteiger partial charge in [-0.3, -0.25) is 4.99 Å². The molecule has 6 heteroatoms. The van der Waals surface area contributed by atoms with Crippen molar-refractivity contribution in [3.05, 3.63) is 76.0 Å². The summed E-state index contributed by atoms with van der Waals surface area (Å²) in [7, 11) is 1.81. The Kier molecular flexibility index (Phi) is 7.25. The van der Waals surface area contributed by atoms with Crippen LogP contribution in [0.4, 0.5) is 0 Å². The Morgan fingerprint density at radius 1 is 1.21 bits per heavy atom. The first-order valence-electron chi connectivity index (χ1n) is 9.70. The Hall–Kier alpha value is -2.60. The number of benzene rings is 1. The molecule has 0 saturated carbocycles. The van der Waals surface area contributed by atoms with E-state index in [2.05, 4.69) is 75.4 Å². The highest BCUT2D eigenvalue weighted by Crippen LogP contribution is 2.16. The predicted octanol–water partition coefficient (Wildman–Crippen LogP) is 3.64. The number of rotatable bonds is 8. The second-order valence-corrected chi connectivity index (χ2v) is 8.34. The maximum absolute atomic E-state index is 4.52. The van der Waals surface area contributed by atoms with Gasteiger partial charge in [0.15, 0.2) is 5.96 Å². The summed E-state index contributed by atoms with van der Waals surface area (Å²) in [5, 5.41) is 6.89. The highest BCUT2D eigenvalue weighted by molar-refractivity contribution is 7.11. The summed E-state index contributed by atoms with van der Waals surface area (Å²) in [6.07, 6.45) is 5.76. The summed E-state index contributed by atoms with van der Waals surface area (Å²) in [6, 6.07) is 15.2. The van der Waals surface area contributed by atoms with Crippen molar-refractivity contribution >= 4 is 17.3 Å². The number of imidazole rings is 1. The van der Waals surface area contributed by atoms with E-state index in [1.54, 1.807) is 0 Å². The minimum atomic E-state index is 0.323. The van der Waals surface area contributed by atoms with Crippen molar-refractivity contribution in [2.45, 2.75) is 39.3 Å². The van der Waals surface area contributed by atoms with E-state index in [-0.39, 0.29) is 0 Å². The summed E-state index contributed by atoms with van der Waals surface area (Å²) in [5.74, 6) is 1.91. The van der Waals surface area contributed by atoms with Gasteiger partial charge in [0.1, 0.15) is 5.82 Å². The van der Waals surface area contributed by atoms with Crippen LogP contribution >= 0.6 is 11.3 Å². The third kappa shape index (κ3) is 5.96. The first-order valence-corrected chi connectivity index (χ1v) is 10.5. The van der Waals surface area contributed by atoms with E-state index >= 15 is 0 Å². The van der Waals surface area contributed by atoms with Gasteiger partial charge >= 0.3 is 0 Å². The Bertz CT molecular complexity index is 881. The van der Waals surface area contributed by atoms with Gasteiger partial charge in [-0.15, -0.1) is 11.3 Å². The minimum Gasteiger partial charge on any atom is -0.356 e. The first kappa shape index (κ1) is 20.1. The fourth-order valence-electron chi connectivity index (χ4n) is 3.16. The molecule has 2 aromatic heterocycles. The quantitative estimate of drug-likeness (QED) is 0.452. The highest BCUT2D eigenvalue weighted by Gasteiger charge is 2.09. The zero-order valence-electron chi connectivity index (χ0n) is 16.9. The Balaban J connectivity index is 1.46. The van der Waals surface area contributed by atoms with Crippen LogP contribution in [0.15, 0.2) is 59.9 Å². The molecule has 28 heavy (non-hydrogen) atoms. The van der Waals surface area contributed by atoms with Crippen molar-refractivity contribution in [2.24, 2.45) is 4.99 Å². The molecule has 1 atom stereocenters. The summed E-state index contributed by atoms with van der Waals surface area (Å²) < 4.78 is 2.20. The van der Waals surface area contributed by atoms with Crippen molar-refractivity contribution in [3.63, 3.8) is 0 Å². The molecule has 148 valence electrons. The lowest BCUT2D eigenvalue weighted by molar-refractivity contribution is 0.638. The van der Waals surface area contributed by atoms with Gasteiger partial charge in [-0.25, -0.2) is 4.98 Å². The van der Waals surface area contributed by atoms with Crippen molar-refractivity contribution in [1.82, 2.24) is 20.2 Å². The zero-order chi connectivity index (χ0) is 19.8. The second-order valence-electron chi connectivity index (χ2n) is 6.97. The Morgan fingerprint density at radius 3 is 2.75 bits per heavy atom. The summed E-state index contributed by atoms with van der Waals surface area (Å²) in [6.45, 7) is 5.97. The molecule has 0 saturated heterocycles. The molecular formula is C22H29N5S. The molecule has 5 nitrogen and oxygen atoms in total. The number of nitrogens with one attached hydrogen (secondary N) is 2. The van der Waals surface area contributed by atoms with Gasteiger partial charge in [0, 0.05) is 61.2 Å². The molecule has 0 aliphatic carbocycles. The topological polar surface area (TPSA) is 54.2 Å². The second kappa shape index (κ2) is 10.1. The molecule has 2 heterocycles. The zero-order valence-corrected chi connectivity index (χ0v) is 17.7. The summed E-state index contributed by atoms with van der Waals surface area (Å²) in [4.78, 5) is 11.6. The number of aromatic nitrogens is 2. The van der Waals surface area contributed by atoms with E-state index < -0.39 is 0 Å². The van der Waals surface area contributed by atoms with Gasteiger partial charge in [0.25, 0.3) is 0 Å². The monoisotopic (exact) mass is 395 g/mol. The fraction of sp³-hybridized carbons (Fsp3) is 0.364. The molecule has 2 N–H and O–H groups in total. The van der Waals surface area contributed by atoms with E-state index in [1.165, 1.54) is 15.3 Å². The molecule has 0 amide bonds. The van der Waals surface area contributed by atoms with E-state index in [1.807, 2.05) is 36.8 Å². The predicted molar refractivity (Wildman–Crippen MR) is 118 cm³/mol. The number of thiophene rings is 1. The molecule has 0 aliphatic heterocycles. The van der Waals surface area contributed by atoms with E-state index in [0.29, 0.717) is 6.04 Å². The molecule has 0 bridgehead atoms. The summed E-state index contributed by atoms with van der Waals surface area (Å²) >= 11 is 1.86. The average Bonchev–Trinajstić information content (AvgIpc) is 3.30. The maximum atomic E-state index is 4.52. The molecule has 0 aliphatic rings. The van der Waals surface area contributed by atoms with Crippen molar-refractivity contribution < 1.29 is 0 Å². The van der Waals surface area contributed by atoms with Gasteiger partial charge in [0.2, 0.25) is 0 Å². The lowest BCUT2D eigenvalue weighted by Gasteiger charge is -2.17. The molecule has 0 spiro atoms. The van der Waals surface area contributed by atoms with Gasteiger partial charge in [-0.2, -0.15) is 0 Å². The van der Waals surface area contributed by atoms with Gasteiger partial charge in [0.05, 0.1) is 0 Å². The molecule has 1 aromatic carbocycles. The molecule has 0 fully saturated rings. The molecular weight excluding hydrogens is 366 g/mol. The van der Waals surface area contributed by atoms with Crippen LogP contribution < -0.4 is 10.6 Å². The Labute approximate surface area is 171 Å². The van der Waals surface area contributed by atoms with Crippen LogP contribution in [0.5, 0.6) is 0 Å². The number of guanidine groups is 1. The standard InChI is InChI=1S/C22H29N5S/c1-17(15-20-10-9-18(2)28-20)26-22(23-3)25-12-11-21-24-13-14-27(21)16-19-7-5-4-6-8-19/h4-10,13-14,17H,11-12,15-16H2,1-3H3,(H2,23,25,26). The third-order valence-corrected chi connectivity index (χ3v) is 5.57. The average molecular weight is 396 g/mol. The van der Waals surface area contributed by atoms with Crippen LogP contribution in [0.25, 0.3) is 0 Å². The SMILES string of the molecule is CN=C(NCCc1nccn1Cc1ccccc1)NC(C)Cc1ccc(C)s1. The smallest absolute Gasteiger partial charge is 0.191 e. The van der Waals surface area contributed by atoms with E-state index in [9.17, 15) is 0 Å². The van der Waals surface area contributed by atoms with Crippen molar-refractivity contribution in [2.75, 3.05) is 13.6 Å². The van der Waals surface area contributed by atoms with Crippen LogP contribution in [0.1, 0.15) is 28.1 Å². The summed E-state index contributed by atoms with van der Waals surface area (Å²) in [5.41, 5.74) is 1.28. The number of hydrogen-bond donors (Lipinski definition) is 2. The van der Waals surface area contributed by atoms with Gasteiger partial charge < -0.3 is 15.2 Å². The van der Waals surface area contributed by atoms with Crippen LogP contribution in [0, 0.1) is 6.92 Å². The van der Waals surface area contributed by atoms with Crippen LogP contribution in [-0.2, 0) is 19.4 Å². The van der Waals surface area contributed by atoms with Crippen molar-refractivity contribution in [1.29, 1.82) is 0 Å². The van der Waals surface area contributed by atoms with E-state index in [0.717, 1.165) is 37.7 Å². The van der Waals surface area contributed by atoms with Gasteiger partial charge in [-0.05, 0) is 31.5 Å². The lowest BCUT2D eigenvalue weighted by Crippen LogP contribution is -2.43. The van der Waals surface area contributed by atoms with Crippen LogP contribution in [0.2, 0.25) is 0 Å². The normalized spacial score (nSPS) is 12.8. The van der Waals surface area contributed by atoms with Crippen LogP contribution in [0.3, 0.4) is 0 Å². The fourth-order valence-corrected chi connectivity index (χ4v) is 4.18. The van der Waals surface area contributed by atoms with E-state index in [4.69, 9.17) is 0 Å². The third-order valence-electron chi connectivity index (χ3n) is 4.55. The number of aryl methyl sites for hydroxylation is 1. The lowest BCUT2D eigenvalue weighted by atomic mass is 10.2. The molecule has 3 aromatic rings. The number of aliphatic imine (C=N–C) groups is 1. The van der Waals surface area contributed by atoms with Gasteiger partial charge in [-0.1, -0.05) is 30.3 Å². The molecule has 0 radical (unpaired) electrons. The maximum Gasteiger partial charge on any atom is 0.191 e. The number of hydrogen-bond acceptors (Lipinski definition) is 3. The highest BCUT2D eigenvalue weighted by atomic mass is 32.1. The Morgan fingerprint density at radius 2 is 2.04 bits per heavy atom. The first-order chi connectivity index (χ1) is 13.6. The minimum absolute atomic E-state index is 0.323.